The molecular formula is C19H18FN5O2. The van der Waals surface area contributed by atoms with E-state index < -0.39 is 0 Å². The van der Waals surface area contributed by atoms with Crippen LogP contribution < -0.4 is 10.5 Å². The van der Waals surface area contributed by atoms with Gasteiger partial charge in [0.15, 0.2) is 11.5 Å². The number of methoxy groups -OCH3 is 1. The van der Waals surface area contributed by atoms with Gasteiger partial charge in [-0.3, -0.25) is 0 Å². The number of nitrogen functional groups attached to an aromatic ring is 1. The average Bonchev–Trinajstić information content (AvgIpc) is 3.11. The van der Waals surface area contributed by atoms with E-state index in [0.29, 0.717) is 22.7 Å². The third kappa shape index (κ3) is 3.15. The number of nitrogens with two attached hydrogens (primary N) is 1. The highest BCUT2D eigenvalue weighted by Crippen LogP contribution is 2.27. The Morgan fingerprint density at radius 3 is 2.67 bits per heavy atom. The van der Waals surface area contributed by atoms with E-state index in [9.17, 15) is 4.39 Å². The van der Waals surface area contributed by atoms with Gasteiger partial charge in [-0.05, 0) is 36.8 Å². The molecule has 2 N–H and O–H groups in total. The normalized spacial score (nSPS) is 12.6. The standard InChI is InChI=1S/C19H18FN5O2/c1-11(12-6-8-13(20)9-7-12)27-10-16-22-18-14-4-3-5-15(26-2)17(14)23-19(21)25(18)24-16/h3-9,11H,10H2,1-2H3,(H2,21,23). The third-order valence-electron chi connectivity index (χ3n) is 4.36. The van der Waals surface area contributed by atoms with Gasteiger partial charge in [-0.15, -0.1) is 5.10 Å². The van der Waals surface area contributed by atoms with Crippen LogP contribution in [0.1, 0.15) is 24.4 Å². The number of fused-ring (bicyclic) bond motifs is 3. The zero-order chi connectivity index (χ0) is 19.0. The number of anilines is 1. The van der Waals surface area contributed by atoms with Crippen LogP contribution in [0.15, 0.2) is 42.5 Å². The van der Waals surface area contributed by atoms with E-state index in [4.69, 9.17) is 15.2 Å². The molecule has 1 unspecified atom stereocenters. The molecule has 7 nitrogen and oxygen atoms in total. The molecule has 2 aromatic heterocycles. The second kappa shape index (κ2) is 6.81. The van der Waals surface area contributed by atoms with Crippen LogP contribution in [-0.4, -0.2) is 26.7 Å². The Morgan fingerprint density at radius 2 is 1.93 bits per heavy atom. The van der Waals surface area contributed by atoms with Crippen molar-refractivity contribution in [1.29, 1.82) is 0 Å². The fourth-order valence-electron chi connectivity index (χ4n) is 2.92. The van der Waals surface area contributed by atoms with Gasteiger partial charge in [0.2, 0.25) is 5.95 Å². The third-order valence-corrected chi connectivity index (χ3v) is 4.36. The van der Waals surface area contributed by atoms with Gasteiger partial charge in [0, 0.05) is 5.39 Å². The molecule has 0 bridgehead atoms. The molecule has 0 radical (unpaired) electrons. The summed E-state index contributed by atoms with van der Waals surface area (Å²) in [5.74, 6) is 1.03. The SMILES string of the molecule is COc1cccc2c1nc(N)n1nc(COC(C)c3ccc(F)cc3)nc21. The van der Waals surface area contributed by atoms with Gasteiger partial charge >= 0.3 is 0 Å². The first-order valence-corrected chi connectivity index (χ1v) is 8.41. The van der Waals surface area contributed by atoms with Crippen molar-refractivity contribution in [2.75, 3.05) is 12.8 Å². The van der Waals surface area contributed by atoms with E-state index in [1.54, 1.807) is 19.2 Å². The number of nitrogens with zero attached hydrogens (tertiary/aromatic N) is 4. The Hall–Kier alpha value is -3.26. The zero-order valence-electron chi connectivity index (χ0n) is 14.9. The van der Waals surface area contributed by atoms with Gasteiger partial charge in [-0.25, -0.2) is 14.4 Å². The smallest absolute Gasteiger partial charge is 0.223 e. The number of rotatable bonds is 5. The highest BCUT2D eigenvalue weighted by atomic mass is 19.1. The Bertz CT molecular complexity index is 1110. The lowest BCUT2D eigenvalue weighted by Crippen LogP contribution is -2.04. The number of benzene rings is 2. The summed E-state index contributed by atoms with van der Waals surface area (Å²) in [6.07, 6.45) is -0.232. The van der Waals surface area contributed by atoms with Crippen molar-refractivity contribution in [3.05, 3.63) is 59.7 Å². The van der Waals surface area contributed by atoms with E-state index in [1.807, 2.05) is 25.1 Å². The van der Waals surface area contributed by atoms with E-state index >= 15 is 0 Å². The molecule has 0 saturated heterocycles. The van der Waals surface area contributed by atoms with Gasteiger partial charge in [-0.2, -0.15) is 4.52 Å². The van der Waals surface area contributed by atoms with Crippen molar-refractivity contribution in [1.82, 2.24) is 19.6 Å². The minimum absolute atomic E-state index is 0.186. The van der Waals surface area contributed by atoms with Gasteiger partial charge in [0.05, 0.1) is 13.2 Å². The summed E-state index contributed by atoms with van der Waals surface area (Å²) < 4.78 is 25.7. The monoisotopic (exact) mass is 367 g/mol. The molecule has 0 fully saturated rings. The molecule has 2 heterocycles. The summed E-state index contributed by atoms with van der Waals surface area (Å²) in [7, 11) is 1.58. The fraction of sp³-hybridized carbons (Fsp3) is 0.211. The molecule has 0 saturated carbocycles. The van der Waals surface area contributed by atoms with E-state index in [2.05, 4.69) is 15.1 Å². The van der Waals surface area contributed by atoms with Crippen molar-refractivity contribution in [2.45, 2.75) is 19.6 Å². The molecular weight excluding hydrogens is 349 g/mol. The van der Waals surface area contributed by atoms with Crippen LogP contribution in [0.3, 0.4) is 0 Å². The minimum Gasteiger partial charge on any atom is -0.494 e. The van der Waals surface area contributed by atoms with Gasteiger partial charge in [0.25, 0.3) is 0 Å². The number of hydrogen-bond acceptors (Lipinski definition) is 6. The highest BCUT2D eigenvalue weighted by Gasteiger charge is 2.15. The summed E-state index contributed by atoms with van der Waals surface area (Å²) in [6.45, 7) is 2.07. The Balaban J connectivity index is 1.64. The summed E-state index contributed by atoms with van der Waals surface area (Å²) in [5, 5.41) is 5.18. The lowest BCUT2D eigenvalue weighted by Gasteiger charge is -2.11. The maximum atomic E-state index is 13.0. The van der Waals surface area contributed by atoms with Crippen LogP contribution in [0.4, 0.5) is 10.3 Å². The summed E-state index contributed by atoms with van der Waals surface area (Å²) in [4.78, 5) is 8.92. The van der Waals surface area contributed by atoms with Crippen molar-refractivity contribution in [2.24, 2.45) is 0 Å². The molecule has 0 aliphatic heterocycles. The number of halogens is 1. The molecule has 0 aliphatic carbocycles. The van der Waals surface area contributed by atoms with Crippen LogP contribution in [0.25, 0.3) is 16.6 Å². The van der Waals surface area contributed by atoms with Crippen LogP contribution in [0.2, 0.25) is 0 Å². The Kier molecular flexibility index (Phi) is 4.33. The zero-order valence-corrected chi connectivity index (χ0v) is 14.9. The molecule has 0 spiro atoms. The van der Waals surface area contributed by atoms with E-state index in [-0.39, 0.29) is 24.5 Å². The van der Waals surface area contributed by atoms with E-state index in [1.165, 1.54) is 16.6 Å². The van der Waals surface area contributed by atoms with Crippen molar-refractivity contribution < 1.29 is 13.9 Å². The summed E-state index contributed by atoms with van der Waals surface area (Å²) >= 11 is 0. The molecule has 27 heavy (non-hydrogen) atoms. The lowest BCUT2D eigenvalue weighted by molar-refractivity contribution is 0.0484. The molecule has 2 aromatic carbocycles. The molecule has 4 rings (SSSR count). The second-order valence-electron chi connectivity index (χ2n) is 6.09. The van der Waals surface area contributed by atoms with Gasteiger partial charge in [0.1, 0.15) is 23.7 Å². The quantitative estimate of drug-likeness (QED) is 0.582. The van der Waals surface area contributed by atoms with Crippen molar-refractivity contribution >= 4 is 22.5 Å². The van der Waals surface area contributed by atoms with Gasteiger partial charge < -0.3 is 15.2 Å². The fourth-order valence-corrected chi connectivity index (χ4v) is 2.92. The number of aromatic nitrogens is 4. The predicted octanol–water partition coefficient (Wildman–Crippen LogP) is 3.29. The van der Waals surface area contributed by atoms with Crippen LogP contribution in [0.5, 0.6) is 5.75 Å². The summed E-state index contributed by atoms with van der Waals surface area (Å²) in [5.41, 5.74) is 8.13. The van der Waals surface area contributed by atoms with Crippen molar-refractivity contribution in [3.8, 4) is 5.75 Å². The highest BCUT2D eigenvalue weighted by molar-refractivity contribution is 5.95. The summed E-state index contributed by atoms with van der Waals surface area (Å²) in [6, 6.07) is 11.8. The Labute approximate surface area is 154 Å². The van der Waals surface area contributed by atoms with E-state index in [0.717, 1.165) is 10.9 Å². The molecule has 8 heteroatoms. The number of ether oxygens (including phenoxy) is 2. The average molecular weight is 367 g/mol. The lowest BCUT2D eigenvalue weighted by atomic mass is 10.1. The molecule has 1 atom stereocenters. The minimum atomic E-state index is -0.279. The molecule has 0 amide bonds. The van der Waals surface area contributed by atoms with Gasteiger partial charge in [-0.1, -0.05) is 18.2 Å². The first kappa shape index (κ1) is 17.2. The predicted molar refractivity (Wildman–Crippen MR) is 98.9 cm³/mol. The maximum Gasteiger partial charge on any atom is 0.223 e. The number of hydrogen-bond donors (Lipinski definition) is 1. The Morgan fingerprint density at radius 1 is 1.15 bits per heavy atom. The second-order valence-corrected chi connectivity index (χ2v) is 6.09. The molecule has 138 valence electrons. The van der Waals surface area contributed by atoms with Crippen LogP contribution >= 0.6 is 0 Å². The first-order chi connectivity index (χ1) is 13.1. The molecule has 4 aromatic rings. The largest absolute Gasteiger partial charge is 0.494 e. The molecule has 0 aliphatic rings. The first-order valence-electron chi connectivity index (χ1n) is 8.41. The van der Waals surface area contributed by atoms with Crippen LogP contribution in [-0.2, 0) is 11.3 Å². The maximum absolute atomic E-state index is 13.0. The topological polar surface area (TPSA) is 87.6 Å². The number of para-hydroxylation sites is 1. The van der Waals surface area contributed by atoms with Crippen molar-refractivity contribution in [3.63, 3.8) is 0 Å². The van der Waals surface area contributed by atoms with Crippen LogP contribution in [0, 0.1) is 5.82 Å².